The second-order valence-electron chi connectivity index (χ2n) is 6.60. The number of carbonyl (C=O) groups excluding carboxylic acids is 2. The van der Waals surface area contributed by atoms with Crippen molar-refractivity contribution in [2.45, 2.75) is 13.8 Å². The first-order valence-corrected chi connectivity index (χ1v) is 9.75. The summed E-state index contributed by atoms with van der Waals surface area (Å²) >= 11 is 0. The summed E-state index contributed by atoms with van der Waals surface area (Å²) in [4.78, 5) is 30.9. The number of methoxy groups -OCH3 is 1. The summed E-state index contributed by atoms with van der Waals surface area (Å²) in [5.74, 6) is 1.21. The second-order valence-corrected chi connectivity index (χ2v) is 6.60. The highest BCUT2D eigenvalue weighted by molar-refractivity contribution is 5.95. The van der Waals surface area contributed by atoms with Gasteiger partial charge in [0.1, 0.15) is 6.61 Å². The minimum atomic E-state index is -0.0386. The molecule has 1 aromatic rings. The zero-order valence-electron chi connectivity index (χ0n) is 17.1. The minimum absolute atomic E-state index is 0.0386. The van der Waals surface area contributed by atoms with Crippen molar-refractivity contribution >= 4 is 11.8 Å². The standard InChI is InChI=1S/C21H31N3O4/c1-5-14-28-18-9-8-17(15-19(18)27-4)21(26)24-12-10-22(11-13-24)16-20(25)23(6-2)7-3/h5,8-9,15H,1,6-7,10-14,16H2,2-4H3. The Morgan fingerprint density at radius 3 is 2.39 bits per heavy atom. The number of nitrogens with zero attached hydrogens (tertiary/aromatic N) is 3. The number of carbonyl (C=O) groups is 2. The molecule has 0 N–H and O–H groups in total. The maximum atomic E-state index is 12.8. The predicted octanol–water partition coefficient (Wildman–Crippen LogP) is 1.89. The molecule has 1 saturated heterocycles. The fourth-order valence-corrected chi connectivity index (χ4v) is 3.23. The van der Waals surface area contributed by atoms with Crippen LogP contribution in [0.3, 0.4) is 0 Å². The molecular weight excluding hydrogens is 358 g/mol. The van der Waals surface area contributed by atoms with Gasteiger partial charge >= 0.3 is 0 Å². The van der Waals surface area contributed by atoms with Crippen LogP contribution in [0.2, 0.25) is 0 Å². The molecule has 0 radical (unpaired) electrons. The van der Waals surface area contributed by atoms with Gasteiger partial charge in [-0.3, -0.25) is 14.5 Å². The summed E-state index contributed by atoms with van der Waals surface area (Å²) in [5, 5.41) is 0. The van der Waals surface area contributed by atoms with Crippen LogP contribution in [0.15, 0.2) is 30.9 Å². The molecule has 0 bridgehead atoms. The van der Waals surface area contributed by atoms with Crippen LogP contribution in [0.5, 0.6) is 11.5 Å². The van der Waals surface area contributed by atoms with Crippen LogP contribution in [0.1, 0.15) is 24.2 Å². The van der Waals surface area contributed by atoms with Gasteiger partial charge in [-0.05, 0) is 32.0 Å². The molecule has 2 amide bonds. The fraction of sp³-hybridized carbons (Fsp3) is 0.524. The van der Waals surface area contributed by atoms with Crippen molar-refractivity contribution in [1.29, 1.82) is 0 Å². The summed E-state index contributed by atoms with van der Waals surface area (Å²) in [7, 11) is 1.55. The van der Waals surface area contributed by atoms with Crippen LogP contribution in [-0.4, -0.2) is 86.0 Å². The van der Waals surface area contributed by atoms with Gasteiger partial charge in [-0.25, -0.2) is 0 Å². The zero-order valence-corrected chi connectivity index (χ0v) is 17.1. The van der Waals surface area contributed by atoms with Crippen LogP contribution in [-0.2, 0) is 4.79 Å². The van der Waals surface area contributed by atoms with E-state index >= 15 is 0 Å². The molecular formula is C21H31N3O4. The van der Waals surface area contributed by atoms with Crippen molar-refractivity contribution in [2.75, 3.05) is 59.5 Å². The Bertz CT molecular complexity index is 680. The Morgan fingerprint density at radius 2 is 1.82 bits per heavy atom. The van der Waals surface area contributed by atoms with Gasteiger partial charge in [-0.2, -0.15) is 0 Å². The highest BCUT2D eigenvalue weighted by atomic mass is 16.5. The molecule has 1 heterocycles. The molecule has 1 aliphatic heterocycles. The molecule has 7 nitrogen and oxygen atoms in total. The molecule has 0 spiro atoms. The molecule has 0 saturated carbocycles. The maximum Gasteiger partial charge on any atom is 0.254 e. The first-order chi connectivity index (χ1) is 13.5. The highest BCUT2D eigenvalue weighted by Crippen LogP contribution is 2.28. The molecule has 1 fully saturated rings. The van der Waals surface area contributed by atoms with E-state index in [1.54, 1.807) is 31.4 Å². The lowest BCUT2D eigenvalue weighted by Gasteiger charge is -2.35. The van der Waals surface area contributed by atoms with Gasteiger partial charge in [0.15, 0.2) is 11.5 Å². The Labute approximate surface area is 167 Å². The summed E-state index contributed by atoms with van der Waals surface area (Å²) in [6.45, 7) is 12.4. The fourth-order valence-electron chi connectivity index (χ4n) is 3.23. The molecule has 154 valence electrons. The first-order valence-electron chi connectivity index (χ1n) is 9.75. The number of hydrogen-bond acceptors (Lipinski definition) is 5. The van der Waals surface area contributed by atoms with Crippen molar-refractivity contribution in [1.82, 2.24) is 14.7 Å². The number of hydrogen-bond donors (Lipinski definition) is 0. The molecule has 1 aliphatic rings. The Kier molecular flexibility index (Phi) is 8.32. The number of piperazine rings is 1. The summed E-state index contributed by atoms with van der Waals surface area (Å²) < 4.78 is 10.9. The Morgan fingerprint density at radius 1 is 1.14 bits per heavy atom. The van der Waals surface area contributed by atoms with Crippen LogP contribution < -0.4 is 9.47 Å². The van der Waals surface area contributed by atoms with Gasteiger partial charge < -0.3 is 19.3 Å². The average Bonchev–Trinajstić information content (AvgIpc) is 2.73. The van der Waals surface area contributed by atoms with E-state index in [-0.39, 0.29) is 11.8 Å². The molecule has 1 aromatic carbocycles. The molecule has 0 aliphatic carbocycles. The van der Waals surface area contributed by atoms with Crippen LogP contribution in [0, 0.1) is 0 Å². The summed E-state index contributed by atoms with van der Waals surface area (Å²) in [6.07, 6.45) is 1.66. The van der Waals surface area contributed by atoms with Crippen molar-refractivity contribution in [3.63, 3.8) is 0 Å². The predicted molar refractivity (Wildman–Crippen MR) is 109 cm³/mol. The molecule has 0 atom stereocenters. The third-order valence-corrected chi connectivity index (χ3v) is 4.90. The van der Waals surface area contributed by atoms with Crippen LogP contribution >= 0.6 is 0 Å². The number of amides is 2. The van der Waals surface area contributed by atoms with Crippen molar-refractivity contribution in [3.05, 3.63) is 36.4 Å². The minimum Gasteiger partial charge on any atom is -0.493 e. The van der Waals surface area contributed by atoms with E-state index in [0.717, 1.165) is 13.1 Å². The monoisotopic (exact) mass is 389 g/mol. The number of likely N-dealkylation sites (N-methyl/N-ethyl adjacent to an activating group) is 1. The van der Waals surface area contributed by atoms with Crippen molar-refractivity contribution in [3.8, 4) is 11.5 Å². The van der Waals surface area contributed by atoms with E-state index in [1.165, 1.54) is 0 Å². The van der Waals surface area contributed by atoms with Crippen molar-refractivity contribution < 1.29 is 19.1 Å². The molecule has 0 aromatic heterocycles. The van der Waals surface area contributed by atoms with E-state index in [0.29, 0.717) is 56.4 Å². The third-order valence-electron chi connectivity index (χ3n) is 4.90. The van der Waals surface area contributed by atoms with Crippen LogP contribution in [0.4, 0.5) is 0 Å². The lowest BCUT2D eigenvalue weighted by atomic mass is 10.1. The van der Waals surface area contributed by atoms with E-state index in [2.05, 4.69) is 11.5 Å². The molecule has 28 heavy (non-hydrogen) atoms. The first kappa shape index (κ1) is 21.8. The topological polar surface area (TPSA) is 62.3 Å². The molecule has 7 heteroatoms. The number of benzene rings is 1. The van der Waals surface area contributed by atoms with Crippen LogP contribution in [0.25, 0.3) is 0 Å². The second kappa shape index (κ2) is 10.7. The van der Waals surface area contributed by atoms with Gasteiger partial charge in [-0.1, -0.05) is 12.7 Å². The highest BCUT2D eigenvalue weighted by Gasteiger charge is 2.25. The van der Waals surface area contributed by atoms with E-state index in [4.69, 9.17) is 9.47 Å². The summed E-state index contributed by atoms with van der Waals surface area (Å²) in [6, 6.07) is 5.20. The zero-order chi connectivity index (χ0) is 20.5. The number of ether oxygens (including phenoxy) is 2. The molecule has 2 rings (SSSR count). The van der Waals surface area contributed by atoms with E-state index < -0.39 is 0 Å². The Balaban J connectivity index is 1.94. The van der Waals surface area contributed by atoms with Gasteiger partial charge in [0.25, 0.3) is 5.91 Å². The van der Waals surface area contributed by atoms with Gasteiger partial charge in [0, 0.05) is 44.8 Å². The Hall–Kier alpha value is -2.54. The van der Waals surface area contributed by atoms with E-state index in [9.17, 15) is 9.59 Å². The molecule has 0 unspecified atom stereocenters. The third kappa shape index (κ3) is 5.48. The summed E-state index contributed by atoms with van der Waals surface area (Å²) in [5.41, 5.74) is 0.565. The normalized spacial score (nSPS) is 14.5. The SMILES string of the molecule is C=CCOc1ccc(C(=O)N2CCN(CC(=O)N(CC)CC)CC2)cc1OC. The lowest BCUT2D eigenvalue weighted by molar-refractivity contribution is -0.132. The average molecular weight is 389 g/mol. The van der Waals surface area contributed by atoms with Gasteiger partial charge in [0.05, 0.1) is 13.7 Å². The number of rotatable bonds is 9. The van der Waals surface area contributed by atoms with Crippen molar-refractivity contribution in [2.24, 2.45) is 0 Å². The quantitative estimate of drug-likeness (QED) is 0.604. The van der Waals surface area contributed by atoms with Gasteiger partial charge in [0.2, 0.25) is 5.91 Å². The van der Waals surface area contributed by atoms with E-state index in [1.807, 2.05) is 23.6 Å². The largest absolute Gasteiger partial charge is 0.493 e. The smallest absolute Gasteiger partial charge is 0.254 e. The lowest BCUT2D eigenvalue weighted by Crippen LogP contribution is -2.51. The van der Waals surface area contributed by atoms with Gasteiger partial charge in [-0.15, -0.1) is 0 Å². The maximum absolute atomic E-state index is 12.8.